The molecule has 1 saturated heterocycles. The number of amides is 2. The van der Waals surface area contributed by atoms with Gasteiger partial charge in [-0.05, 0) is 30.4 Å². The van der Waals surface area contributed by atoms with Crippen LogP contribution in [0.25, 0.3) is 0 Å². The molecule has 21 heavy (non-hydrogen) atoms. The van der Waals surface area contributed by atoms with Crippen LogP contribution in [0.1, 0.15) is 30.0 Å². The number of nitrogens with one attached hydrogen (secondary N) is 1. The van der Waals surface area contributed by atoms with E-state index in [1.807, 2.05) is 23.1 Å². The standard InChI is InChI=1S/C16H21N3O2/c17-15(20)12-6-9-19(10-7-12)16(21)14-13-4-2-1-3-11(13)5-8-18-14/h1-4,12,14,18H,5-10H2,(H2,17,20). The molecular weight excluding hydrogens is 266 g/mol. The Morgan fingerprint density at radius 2 is 1.90 bits per heavy atom. The number of rotatable bonds is 2. The van der Waals surface area contributed by atoms with Gasteiger partial charge >= 0.3 is 0 Å². The van der Waals surface area contributed by atoms with Gasteiger partial charge in [-0.25, -0.2) is 0 Å². The molecule has 0 spiro atoms. The van der Waals surface area contributed by atoms with Gasteiger partial charge in [-0.3, -0.25) is 9.59 Å². The zero-order valence-corrected chi connectivity index (χ0v) is 12.0. The van der Waals surface area contributed by atoms with E-state index in [-0.39, 0.29) is 23.8 Å². The van der Waals surface area contributed by atoms with Crippen molar-refractivity contribution in [1.82, 2.24) is 10.2 Å². The molecule has 1 aromatic carbocycles. The van der Waals surface area contributed by atoms with E-state index >= 15 is 0 Å². The smallest absolute Gasteiger partial charge is 0.244 e. The van der Waals surface area contributed by atoms with E-state index in [1.54, 1.807) is 0 Å². The zero-order chi connectivity index (χ0) is 14.8. The van der Waals surface area contributed by atoms with Gasteiger partial charge in [0.25, 0.3) is 0 Å². The average molecular weight is 287 g/mol. The fourth-order valence-electron chi connectivity index (χ4n) is 3.29. The maximum Gasteiger partial charge on any atom is 0.244 e. The third kappa shape index (κ3) is 2.78. The molecule has 3 rings (SSSR count). The Morgan fingerprint density at radius 1 is 1.19 bits per heavy atom. The number of likely N-dealkylation sites (tertiary alicyclic amines) is 1. The number of nitrogens with zero attached hydrogens (tertiary/aromatic N) is 1. The lowest BCUT2D eigenvalue weighted by atomic mass is 9.91. The van der Waals surface area contributed by atoms with Gasteiger partial charge in [-0.1, -0.05) is 24.3 Å². The van der Waals surface area contributed by atoms with Crippen molar-refractivity contribution >= 4 is 11.8 Å². The number of piperidine rings is 1. The Labute approximate surface area is 124 Å². The molecule has 1 aromatic rings. The second-order valence-electron chi connectivity index (χ2n) is 5.84. The Kier molecular flexibility index (Phi) is 3.92. The topological polar surface area (TPSA) is 75.4 Å². The Balaban J connectivity index is 1.71. The van der Waals surface area contributed by atoms with Crippen LogP contribution in [-0.4, -0.2) is 36.3 Å². The number of primary amides is 1. The first-order valence-corrected chi connectivity index (χ1v) is 7.56. The summed E-state index contributed by atoms with van der Waals surface area (Å²) in [5.74, 6) is -0.214. The molecule has 0 aromatic heterocycles. The molecule has 1 atom stereocenters. The summed E-state index contributed by atoms with van der Waals surface area (Å²) in [6.07, 6.45) is 2.31. The summed E-state index contributed by atoms with van der Waals surface area (Å²) in [5.41, 5.74) is 7.68. The van der Waals surface area contributed by atoms with Crippen LogP contribution in [-0.2, 0) is 16.0 Å². The molecule has 3 N–H and O–H groups in total. The molecule has 2 aliphatic heterocycles. The van der Waals surface area contributed by atoms with Crippen LogP contribution in [0.5, 0.6) is 0 Å². The number of benzene rings is 1. The summed E-state index contributed by atoms with van der Waals surface area (Å²) >= 11 is 0. The molecule has 0 radical (unpaired) electrons. The minimum atomic E-state index is -0.250. The maximum absolute atomic E-state index is 12.7. The molecule has 2 aliphatic rings. The van der Waals surface area contributed by atoms with E-state index in [0.717, 1.165) is 18.5 Å². The highest BCUT2D eigenvalue weighted by Crippen LogP contribution is 2.26. The minimum absolute atomic E-state index is 0.0827. The number of hydrogen-bond acceptors (Lipinski definition) is 3. The second-order valence-corrected chi connectivity index (χ2v) is 5.84. The first-order valence-electron chi connectivity index (χ1n) is 7.56. The van der Waals surface area contributed by atoms with Crippen molar-refractivity contribution in [3.05, 3.63) is 35.4 Å². The van der Waals surface area contributed by atoms with Crippen molar-refractivity contribution in [2.24, 2.45) is 11.7 Å². The normalized spacial score (nSPS) is 22.7. The third-order valence-corrected chi connectivity index (χ3v) is 4.56. The predicted octanol–water partition coefficient (Wildman–Crippen LogP) is 0.597. The van der Waals surface area contributed by atoms with Crippen LogP contribution in [0.3, 0.4) is 0 Å². The Morgan fingerprint density at radius 3 is 2.62 bits per heavy atom. The summed E-state index contributed by atoms with van der Waals surface area (Å²) in [7, 11) is 0. The van der Waals surface area contributed by atoms with Crippen molar-refractivity contribution in [1.29, 1.82) is 0 Å². The average Bonchev–Trinajstić information content (AvgIpc) is 2.53. The SMILES string of the molecule is NC(=O)C1CCN(C(=O)C2NCCc3ccccc32)CC1. The maximum atomic E-state index is 12.7. The lowest BCUT2D eigenvalue weighted by Gasteiger charge is -2.35. The van der Waals surface area contributed by atoms with Crippen LogP contribution in [0.4, 0.5) is 0 Å². The lowest BCUT2D eigenvalue weighted by molar-refractivity contribution is -0.137. The second kappa shape index (κ2) is 5.85. The van der Waals surface area contributed by atoms with Gasteiger partial charge in [0, 0.05) is 25.6 Å². The first-order chi connectivity index (χ1) is 10.2. The molecule has 0 aliphatic carbocycles. The largest absolute Gasteiger partial charge is 0.369 e. The molecular formula is C16H21N3O2. The van der Waals surface area contributed by atoms with Gasteiger partial charge in [0.15, 0.2) is 0 Å². The third-order valence-electron chi connectivity index (χ3n) is 4.56. The predicted molar refractivity (Wildman–Crippen MR) is 79.4 cm³/mol. The summed E-state index contributed by atoms with van der Waals surface area (Å²) in [4.78, 5) is 25.8. The van der Waals surface area contributed by atoms with Crippen molar-refractivity contribution in [2.45, 2.75) is 25.3 Å². The van der Waals surface area contributed by atoms with Gasteiger partial charge in [0.05, 0.1) is 0 Å². The van der Waals surface area contributed by atoms with E-state index in [9.17, 15) is 9.59 Å². The number of hydrogen-bond donors (Lipinski definition) is 2. The highest BCUT2D eigenvalue weighted by molar-refractivity contribution is 5.84. The highest BCUT2D eigenvalue weighted by atomic mass is 16.2. The number of fused-ring (bicyclic) bond motifs is 1. The lowest BCUT2D eigenvalue weighted by Crippen LogP contribution is -2.47. The van der Waals surface area contributed by atoms with Crippen LogP contribution in [0, 0.1) is 5.92 Å². The van der Waals surface area contributed by atoms with E-state index in [4.69, 9.17) is 5.73 Å². The fourth-order valence-corrected chi connectivity index (χ4v) is 3.29. The summed E-state index contributed by atoms with van der Waals surface area (Å²) in [5, 5.41) is 3.32. The van der Waals surface area contributed by atoms with Gasteiger partial charge in [-0.2, -0.15) is 0 Å². The Hall–Kier alpha value is -1.88. The molecule has 112 valence electrons. The van der Waals surface area contributed by atoms with E-state index in [2.05, 4.69) is 11.4 Å². The monoisotopic (exact) mass is 287 g/mol. The van der Waals surface area contributed by atoms with Gasteiger partial charge < -0.3 is 16.0 Å². The summed E-state index contributed by atoms with van der Waals surface area (Å²) in [6, 6.07) is 7.87. The van der Waals surface area contributed by atoms with E-state index in [0.29, 0.717) is 25.9 Å². The highest BCUT2D eigenvalue weighted by Gasteiger charge is 2.32. The van der Waals surface area contributed by atoms with Crippen molar-refractivity contribution < 1.29 is 9.59 Å². The van der Waals surface area contributed by atoms with E-state index < -0.39 is 0 Å². The Bertz CT molecular complexity index is 550. The molecule has 2 amide bonds. The molecule has 0 saturated carbocycles. The zero-order valence-electron chi connectivity index (χ0n) is 12.0. The molecule has 1 fully saturated rings. The molecule has 5 heteroatoms. The number of carbonyl (C=O) groups is 2. The van der Waals surface area contributed by atoms with Crippen LogP contribution in [0.15, 0.2) is 24.3 Å². The number of carbonyl (C=O) groups excluding carboxylic acids is 2. The van der Waals surface area contributed by atoms with Crippen LogP contribution in [0.2, 0.25) is 0 Å². The number of nitrogens with two attached hydrogens (primary N) is 1. The molecule has 0 bridgehead atoms. The van der Waals surface area contributed by atoms with Crippen LogP contribution < -0.4 is 11.1 Å². The molecule has 1 unspecified atom stereocenters. The van der Waals surface area contributed by atoms with Crippen molar-refractivity contribution in [3.8, 4) is 0 Å². The molecule has 2 heterocycles. The van der Waals surface area contributed by atoms with Crippen molar-refractivity contribution in [3.63, 3.8) is 0 Å². The van der Waals surface area contributed by atoms with Gasteiger partial charge in [-0.15, -0.1) is 0 Å². The summed E-state index contributed by atoms with van der Waals surface area (Å²) < 4.78 is 0. The van der Waals surface area contributed by atoms with Gasteiger partial charge in [0.2, 0.25) is 11.8 Å². The first kappa shape index (κ1) is 14.1. The fraction of sp³-hybridized carbons (Fsp3) is 0.500. The summed E-state index contributed by atoms with van der Waals surface area (Å²) in [6.45, 7) is 2.06. The quantitative estimate of drug-likeness (QED) is 0.836. The molecule has 5 nitrogen and oxygen atoms in total. The van der Waals surface area contributed by atoms with Gasteiger partial charge in [0.1, 0.15) is 6.04 Å². The van der Waals surface area contributed by atoms with Crippen molar-refractivity contribution in [2.75, 3.05) is 19.6 Å². The minimum Gasteiger partial charge on any atom is -0.369 e. The van der Waals surface area contributed by atoms with E-state index in [1.165, 1.54) is 5.56 Å². The van der Waals surface area contributed by atoms with Crippen LogP contribution >= 0.6 is 0 Å².